The lowest BCUT2D eigenvalue weighted by Crippen LogP contribution is -2.08. The maximum atomic E-state index is 12.5. The van der Waals surface area contributed by atoms with Crippen LogP contribution >= 0.6 is 39.1 Å². The van der Waals surface area contributed by atoms with E-state index in [1.54, 1.807) is 49.6 Å². The largest absolute Gasteiger partial charge is 0.496 e. The first-order valence-electron chi connectivity index (χ1n) is 9.11. The standard InChI is InChI=1S/C23H15BrCl2N2O3/c1-30-20-7-4-15(24)10-13(20)3-9-22(29)27-18-11-14(2-6-17(18)26)23-28-19-12-16(25)5-8-21(19)31-23/h2-12H,1H3,(H,27,29)/b9-3+. The zero-order chi connectivity index (χ0) is 22.0. The molecule has 1 amide bonds. The summed E-state index contributed by atoms with van der Waals surface area (Å²) >= 11 is 15.7. The lowest BCUT2D eigenvalue weighted by molar-refractivity contribution is -0.111. The molecule has 156 valence electrons. The fraction of sp³-hybridized carbons (Fsp3) is 0.0435. The zero-order valence-corrected chi connectivity index (χ0v) is 19.3. The van der Waals surface area contributed by atoms with Crippen LogP contribution in [0.5, 0.6) is 5.75 Å². The number of methoxy groups -OCH3 is 1. The minimum Gasteiger partial charge on any atom is -0.496 e. The molecule has 3 aromatic carbocycles. The van der Waals surface area contributed by atoms with Crippen molar-refractivity contribution in [3.8, 4) is 17.2 Å². The number of halogens is 3. The van der Waals surface area contributed by atoms with Crippen LogP contribution in [-0.2, 0) is 4.79 Å². The van der Waals surface area contributed by atoms with Gasteiger partial charge in [-0.15, -0.1) is 0 Å². The molecule has 0 aliphatic rings. The van der Waals surface area contributed by atoms with Gasteiger partial charge in [0, 0.05) is 26.7 Å². The average Bonchev–Trinajstić information content (AvgIpc) is 3.17. The first kappa shape index (κ1) is 21.4. The van der Waals surface area contributed by atoms with Crippen LogP contribution < -0.4 is 10.1 Å². The first-order chi connectivity index (χ1) is 14.9. The summed E-state index contributed by atoms with van der Waals surface area (Å²) < 4.78 is 12.0. The number of hydrogen-bond acceptors (Lipinski definition) is 4. The van der Waals surface area contributed by atoms with E-state index < -0.39 is 0 Å². The maximum Gasteiger partial charge on any atom is 0.248 e. The van der Waals surface area contributed by atoms with Gasteiger partial charge in [0.15, 0.2) is 5.58 Å². The van der Waals surface area contributed by atoms with Gasteiger partial charge in [0.2, 0.25) is 11.8 Å². The van der Waals surface area contributed by atoms with Gasteiger partial charge in [0.05, 0.1) is 17.8 Å². The summed E-state index contributed by atoms with van der Waals surface area (Å²) in [5.41, 5.74) is 3.14. The van der Waals surface area contributed by atoms with Crippen molar-refractivity contribution in [1.29, 1.82) is 0 Å². The van der Waals surface area contributed by atoms with Crippen molar-refractivity contribution in [1.82, 2.24) is 4.98 Å². The van der Waals surface area contributed by atoms with E-state index in [0.717, 1.165) is 10.0 Å². The van der Waals surface area contributed by atoms with Gasteiger partial charge in [0.25, 0.3) is 0 Å². The molecule has 1 heterocycles. The molecular formula is C23H15BrCl2N2O3. The average molecular weight is 518 g/mol. The highest BCUT2D eigenvalue weighted by Gasteiger charge is 2.12. The van der Waals surface area contributed by atoms with Crippen LogP contribution in [0.4, 0.5) is 5.69 Å². The van der Waals surface area contributed by atoms with Gasteiger partial charge in [-0.25, -0.2) is 4.98 Å². The van der Waals surface area contributed by atoms with Gasteiger partial charge in [0.1, 0.15) is 11.3 Å². The number of carbonyl (C=O) groups excluding carboxylic acids is 1. The van der Waals surface area contributed by atoms with E-state index in [1.807, 2.05) is 18.2 Å². The molecule has 0 fully saturated rings. The Balaban J connectivity index is 1.57. The number of ether oxygens (including phenoxy) is 1. The van der Waals surface area contributed by atoms with Gasteiger partial charge in [-0.3, -0.25) is 4.79 Å². The number of oxazole rings is 1. The summed E-state index contributed by atoms with van der Waals surface area (Å²) in [4.78, 5) is 16.9. The summed E-state index contributed by atoms with van der Waals surface area (Å²) in [7, 11) is 1.58. The fourth-order valence-corrected chi connectivity index (χ4v) is 3.66. The van der Waals surface area contributed by atoms with E-state index >= 15 is 0 Å². The Morgan fingerprint density at radius 2 is 1.97 bits per heavy atom. The predicted molar refractivity (Wildman–Crippen MR) is 128 cm³/mol. The molecule has 0 aliphatic heterocycles. The van der Waals surface area contributed by atoms with Gasteiger partial charge in [-0.05, 0) is 60.7 Å². The van der Waals surface area contributed by atoms with Gasteiger partial charge >= 0.3 is 0 Å². The van der Waals surface area contributed by atoms with E-state index in [9.17, 15) is 4.79 Å². The maximum absolute atomic E-state index is 12.5. The van der Waals surface area contributed by atoms with Crippen LogP contribution in [0.25, 0.3) is 28.6 Å². The third-order valence-electron chi connectivity index (χ3n) is 4.43. The third kappa shape index (κ3) is 4.93. The monoisotopic (exact) mass is 516 g/mol. The first-order valence-corrected chi connectivity index (χ1v) is 10.7. The van der Waals surface area contributed by atoms with Crippen LogP contribution in [0.2, 0.25) is 10.0 Å². The minimum absolute atomic E-state index is 0.342. The highest BCUT2D eigenvalue weighted by molar-refractivity contribution is 9.10. The highest BCUT2D eigenvalue weighted by Crippen LogP contribution is 2.31. The third-order valence-corrected chi connectivity index (χ3v) is 5.48. The molecule has 0 saturated carbocycles. The fourth-order valence-electron chi connectivity index (χ4n) is 2.95. The van der Waals surface area contributed by atoms with Crippen LogP contribution in [0.3, 0.4) is 0 Å². The van der Waals surface area contributed by atoms with Crippen molar-refractivity contribution in [3.63, 3.8) is 0 Å². The van der Waals surface area contributed by atoms with Crippen molar-refractivity contribution in [2.24, 2.45) is 0 Å². The van der Waals surface area contributed by atoms with E-state index in [2.05, 4.69) is 26.2 Å². The molecule has 8 heteroatoms. The predicted octanol–water partition coefficient (Wildman–Crippen LogP) is 7.22. The Hall–Kier alpha value is -2.80. The van der Waals surface area contributed by atoms with Gasteiger partial charge < -0.3 is 14.5 Å². The minimum atomic E-state index is -0.342. The van der Waals surface area contributed by atoms with E-state index in [4.69, 9.17) is 32.4 Å². The van der Waals surface area contributed by atoms with Crippen molar-refractivity contribution in [3.05, 3.63) is 80.8 Å². The summed E-state index contributed by atoms with van der Waals surface area (Å²) in [5, 5.41) is 3.75. The second kappa shape index (κ2) is 9.14. The normalized spacial score (nSPS) is 11.2. The lowest BCUT2D eigenvalue weighted by atomic mass is 10.1. The molecule has 0 saturated heterocycles. The molecule has 0 bridgehead atoms. The summed E-state index contributed by atoms with van der Waals surface area (Å²) in [6, 6.07) is 15.9. The number of anilines is 1. The number of fused-ring (bicyclic) bond motifs is 1. The Labute approximate surface area is 196 Å². The van der Waals surface area contributed by atoms with Crippen LogP contribution in [0.15, 0.2) is 69.6 Å². The molecule has 1 N–H and O–H groups in total. The molecule has 0 unspecified atom stereocenters. The summed E-state index contributed by atoms with van der Waals surface area (Å²) in [5.74, 6) is 0.715. The number of hydrogen-bond donors (Lipinski definition) is 1. The molecule has 0 aliphatic carbocycles. The van der Waals surface area contributed by atoms with Crippen molar-refractivity contribution < 1.29 is 13.9 Å². The second-order valence-electron chi connectivity index (χ2n) is 6.53. The van der Waals surface area contributed by atoms with E-state index in [1.165, 1.54) is 6.08 Å². The van der Waals surface area contributed by atoms with Crippen LogP contribution in [-0.4, -0.2) is 18.0 Å². The van der Waals surface area contributed by atoms with Crippen LogP contribution in [0.1, 0.15) is 5.56 Å². The molecule has 0 atom stereocenters. The van der Waals surface area contributed by atoms with E-state index in [0.29, 0.717) is 44.0 Å². The summed E-state index contributed by atoms with van der Waals surface area (Å²) in [6.45, 7) is 0. The number of aromatic nitrogens is 1. The zero-order valence-electron chi connectivity index (χ0n) is 16.2. The number of amides is 1. The molecule has 5 nitrogen and oxygen atoms in total. The Kier molecular flexibility index (Phi) is 6.32. The molecule has 4 rings (SSSR count). The Bertz CT molecular complexity index is 1320. The number of rotatable bonds is 5. The van der Waals surface area contributed by atoms with Crippen molar-refractivity contribution >= 4 is 67.9 Å². The molecule has 31 heavy (non-hydrogen) atoms. The van der Waals surface area contributed by atoms with Gasteiger partial charge in [-0.1, -0.05) is 39.1 Å². The molecule has 0 spiro atoms. The number of carbonyl (C=O) groups is 1. The molecular weight excluding hydrogens is 503 g/mol. The Morgan fingerprint density at radius 3 is 2.77 bits per heavy atom. The topological polar surface area (TPSA) is 64.4 Å². The van der Waals surface area contributed by atoms with Crippen molar-refractivity contribution in [2.75, 3.05) is 12.4 Å². The second-order valence-corrected chi connectivity index (χ2v) is 8.29. The van der Waals surface area contributed by atoms with Crippen molar-refractivity contribution in [2.45, 2.75) is 0 Å². The number of nitrogens with zero attached hydrogens (tertiary/aromatic N) is 1. The molecule has 4 aromatic rings. The smallest absolute Gasteiger partial charge is 0.248 e. The SMILES string of the molecule is COc1ccc(Br)cc1/C=C/C(=O)Nc1cc(-c2nc3cc(Cl)ccc3o2)ccc1Cl. The molecule has 0 radical (unpaired) electrons. The Morgan fingerprint density at radius 1 is 1.13 bits per heavy atom. The quantitative estimate of drug-likeness (QED) is 0.284. The van der Waals surface area contributed by atoms with Crippen LogP contribution in [0, 0.1) is 0 Å². The summed E-state index contributed by atoms with van der Waals surface area (Å²) in [6.07, 6.45) is 3.08. The number of benzene rings is 3. The highest BCUT2D eigenvalue weighted by atomic mass is 79.9. The van der Waals surface area contributed by atoms with E-state index in [-0.39, 0.29) is 5.91 Å². The lowest BCUT2D eigenvalue weighted by Gasteiger charge is -2.07. The number of nitrogens with one attached hydrogen (secondary N) is 1. The van der Waals surface area contributed by atoms with Gasteiger partial charge in [-0.2, -0.15) is 0 Å². The molecule has 1 aromatic heterocycles.